The first-order valence-corrected chi connectivity index (χ1v) is 17.4. The van der Waals surface area contributed by atoms with Crippen molar-refractivity contribution in [1.82, 2.24) is 10.6 Å². The van der Waals surface area contributed by atoms with Crippen molar-refractivity contribution in [3.8, 4) is 11.1 Å². The highest BCUT2D eigenvalue weighted by Gasteiger charge is 2.30. The summed E-state index contributed by atoms with van der Waals surface area (Å²) in [6, 6.07) is 24.5. The van der Waals surface area contributed by atoms with E-state index in [0.717, 1.165) is 27.8 Å². The number of alkyl carbamates (subject to hydrolysis) is 1. The van der Waals surface area contributed by atoms with Gasteiger partial charge in [-0.05, 0) is 66.5 Å². The number of unbranched alkanes of at least 4 members (excludes halogenated alkanes) is 2. The third kappa shape index (κ3) is 11.5. The molecule has 3 aromatic rings. The van der Waals surface area contributed by atoms with Crippen molar-refractivity contribution in [2.24, 2.45) is 17.4 Å². The van der Waals surface area contributed by atoms with Crippen molar-refractivity contribution in [2.45, 2.75) is 76.4 Å². The maximum Gasteiger partial charge on any atom is 0.407 e. The zero-order chi connectivity index (χ0) is 35.7. The summed E-state index contributed by atoms with van der Waals surface area (Å²) in [5.74, 6) is -2.47. The van der Waals surface area contributed by atoms with Gasteiger partial charge in [-0.3, -0.25) is 19.2 Å². The second-order valence-corrected chi connectivity index (χ2v) is 12.6. The Kier molecular flexibility index (Phi) is 15.0. The lowest BCUT2D eigenvalue weighted by atomic mass is 9.91. The maximum absolute atomic E-state index is 13.4. The van der Waals surface area contributed by atoms with Crippen molar-refractivity contribution < 1.29 is 33.4 Å². The van der Waals surface area contributed by atoms with Gasteiger partial charge in [0.1, 0.15) is 13.2 Å². The van der Waals surface area contributed by atoms with E-state index in [4.69, 9.17) is 20.9 Å². The molecule has 6 N–H and O–H groups in total. The molecule has 0 saturated carbocycles. The summed E-state index contributed by atoms with van der Waals surface area (Å²) < 4.78 is 10.9. The Morgan fingerprint density at radius 1 is 0.740 bits per heavy atom. The Balaban J connectivity index is 1.19. The van der Waals surface area contributed by atoms with Crippen LogP contribution in [0.15, 0.2) is 78.9 Å². The van der Waals surface area contributed by atoms with E-state index in [1.54, 1.807) is 0 Å². The molecule has 0 unspecified atom stereocenters. The number of esters is 1. The summed E-state index contributed by atoms with van der Waals surface area (Å²) in [5.41, 5.74) is 16.6. The topological polar surface area (TPSA) is 180 Å². The molecule has 0 aliphatic heterocycles. The number of rotatable bonds is 21. The number of carbonyl (C=O) groups is 5. The van der Waals surface area contributed by atoms with Crippen LogP contribution in [-0.2, 0) is 35.3 Å². The van der Waals surface area contributed by atoms with Crippen molar-refractivity contribution in [1.29, 1.82) is 0 Å². The second-order valence-electron chi connectivity index (χ2n) is 12.6. The van der Waals surface area contributed by atoms with E-state index in [0.29, 0.717) is 51.6 Å². The molecule has 0 spiro atoms. The Labute approximate surface area is 293 Å². The van der Waals surface area contributed by atoms with Gasteiger partial charge in [0.2, 0.25) is 11.8 Å². The lowest BCUT2D eigenvalue weighted by Crippen LogP contribution is -2.43. The van der Waals surface area contributed by atoms with Gasteiger partial charge in [-0.1, -0.05) is 85.3 Å². The van der Waals surface area contributed by atoms with E-state index < -0.39 is 29.9 Å². The summed E-state index contributed by atoms with van der Waals surface area (Å²) in [6.07, 6.45) is 2.25. The molecule has 1 aliphatic carbocycles. The van der Waals surface area contributed by atoms with E-state index in [9.17, 15) is 24.0 Å². The Hall–Kier alpha value is -5.03. The highest BCUT2D eigenvalue weighted by molar-refractivity contribution is 5.91. The standard InChI is InChI=1S/C39H48N4O7/c40-22-10-8-19-34(43-39(48)50-26-33-31-17-6-4-15-29(31)30-16-5-7-18-32(30)33)35(44)24-28(38(41)47)14-9-11-23-42-36(45)20-21-37(46)49-25-27-12-2-1-3-13-27/h1-7,12-13,15-18,28,33-34H,8-11,14,19-26,40H2,(H2,41,47)(H,42,45)(H,43,48)/t28-,34+/m1/s1. The minimum Gasteiger partial charge on any atom is -0.461 e. The third-order valence-corrected chi connectivity index (χ3v) is 8.92. The van der Waals surface area contributed by atoms with Gasteiger partial charge < -0.3 is 31.6 Å². The van der Waals surface area contributed by atoms with Crippen LogP contribution in [0, 0.1) is 5.92 Å². The van der Waals surface area contributed by atoms with Gasteiger partial charge in [0.25, 0.3) is 0 Å². The molecule has 266 valence electrons. The quantitative estimate of drug-likeness (QED) is 0.0904. The number of fused-ring (bicyclic) bond motifs is 3. The summed E-state index contributed by atoms with van der Waals surface area (Å²) in [4.78, 5) is 62.8. The van der Waals surface area contributed by atoms with E-state index >= 15 is 0 Å². The minimum atomic E-state index is -0.849. The zero-order valence-electron chi connectivity index (χ0n) is 28.4. The van der Waals surface area contributed by atoms with Crippen LogP contribution >= 0.6 is 0 Å². The van der Waals surface area contributed by atoms with Crippen LogP contribution in [0.2, 0.25) is 0 Å². The number of primary amides is 1. The number of ether oxygens (including phenoxy) is 2. The molecule has 0 saturated heterocycles. The van der Waals surface area contributed by atoms with Gasteiger partial charge in [0.15, 0.2) is 5.78 Å². The fraction of sp³-hybridized carbons (Fsp3) is 0.410. The molecule has 0 radical (unpaired) electrons. The molecule has 4 rings (SSSR count). The number of benzene rings is 3. The van der Waals surface area contributed by atoms with E-state index in [2.05, 4.69) is 22.8 Å². The zero-order valence-corrected chi connectivity index (χ0v) is 28.4. The summed E-state index contributed by atoms with van der Waals surface area (Å²) in [7, 11) is 0. The monoisotopic (exact) mass is 684 g/mol. The van der Waals surface area contributed by atoms with Crippen LogP contribution in [0.1, 0.15) is 80.4 Å². The highest BCUT2D eigenvalue weighted by Crippen LogP contribution is 2.44. The van der Waals surface area contributed by atoms with Crippen molar-refractivity contribution in [2.75, 3.05) is 19.7 Å². The maximum atomic E-state index is 13.4. The molecule has 11 nitrogen and oxygen atoms in total. The van der Waals surface area contributed by atoms with Gasteiger partial charge in [0.05, 0.1) is 12.5 Å². The normalized spacial score (nSPS) is 13.0. The Morgan fingerprint density at radius 2 is 1.38 bits per heavy atom. The lowest BCUT2D eigenvalue weighted by Gasteiger charge is -2.21. The first-order valence-electron chi connectivity index (χ1n) is 17.4. The SMILES string of the molecule is NCCCC[C@H](NC(=O)OCC1c2ccccc2-c2ccccc21)C(=O)C[C@@H](CCCCNC(=O)CCC(=O)OCc1ccccc1)C(N)=O. The lowest BCUT2D eigenvalue weighted by molar-refractivity contribution is -0.146. The average molecular weight is 685 g/mol. The fourth-order valence-electron chi connectivity index (χ4n) is 6.18. The first kappa shape index (κ1) is 37.8. The summed E-state index contributed by atoms with van der Waals surface area (Å²) >= 11 is 0. The molecule has 0 heterocycles. The van der Waals surface area contributed by atoms with Crippen molar-refractivity contribution in [3.63, 3.8) is 0 Å². The predicted octanol–water partition coefficient (Wildman–Crippen LogP) is 4.89. The minimum absolute atomic E-state index is 0.00819. The van der Waals surface area contributed by atoms with E-state index in [1.807, 2.05) is 66.7 Å². The molecule has 50 heavy (non-hydrogen) atoms. The molecule has 0 aromatic heterocycles. The highest BCUT2D eigenvalue weighted by atomic mass is 16.5. The summed E-state index contributed by atoms with van der Waals surface area (Å²) in [5, 5.41) is 5.50. The molecule has 1 aliphatic rings. The number of nitrogens with two attached hydrogens (primary N) is 2. The Bertz CT molecular complexity index is 1550. The number of carbonyl (C=O) groups excluding carboxylic acids is 5. The van der Waals surface area contributed by atoms with Crippen LogP contribution in [0.25, 0.3) is 11.1 Å². The van der Waals surface area contributed by atoms with Crippen LogP contribution in [0.3, 0.4) is 0 Å². The van der Waals surface area contributed by atoms with Crippen molar-refractivity contribution >= 4 is 29.7 Å². The number of nitrogens with one attached hydrogen (secondary N) is 2. The second kappa shape index (κ2) is 19.8. The molecule has 11 heteroatoms. The average Bonchev–Trinajstić information content (AvgIpc) is 3.45. The Morgan fingerprint density at radius 3 is 2.04 bits per heavy atom. The molecule has 0 fully saturated rings. The molecule has 3 aromatic carbocycles. The van der Waals surface area contributed by atoms with Gasteiger partial charge >= 0.3 is 12.1 Å². The number of hydrogen-bond donors (Lipinski definition) is 4. The van der Waals surface area contributed by atoms with Crippen LogP contribution in [0.5, 0.6) is 0 Å². The fourth-order valence-corrected chi connectivity index (χ4v) is 6.18. The van der Waals surface area contributed by atoms with Crippen LogP contribution in [-0.4, -0.2) is 55.4 Å². The van der Waals surface area contributed by atoms with Gasteiger partial charge in [-0.25, -0.2) is 4.79 Å². The van der Waals surface area contributed by atoms with E-state index in [-0.39, 0.29) is 50.1 Å². The number of ketones is 1. The van der Waals surface area contributed by atoms with Crippen molar-refractivity contribution in [3.05, 3.63) is 95.6 Å². The van der Waals surface area contributed by atoms with E-state index in [1.165, 1.54) is 0 Å². The molecule has 3 amide bonds. The predicted molar refractivity (Wildman–Crippen MR) is 190 cm³/mol. The van der Waals surface area contributed by atoms with Gasteiger partial charge in [0, 0.05) is 31.2 Å². The first-order chi connectivity index (χ1) is 24.3. The number of amides is 3. The smallest absolute Gasteiger partial charge is 0.407 e. The number of Topliss-reactive ketones (excluding diaryl/α,β-unsaturated/α-hetero) is 1. The number of hydrogen-bond acceptors (Lipinski definition) is 8. The molecular formula is C39H48N4O7. The summed E-state index contributed by atoms with van der Waals surface area (Å²) in [6.45, 7) is 1.07. The van der Waals surface area contributed by atoms with Crippen LogP contribution < -0.4 is 22.1 Å². The largest absolute Gasteiger partial charge is 0.461 e. The van der Waals surface area contributed by atoms with Gasteiger partial charge in [-0.15, -0.1) is 0 Å². The van der Waals surface area contributed by atoms with Crippen LogP contribution in [0.4, 0.5) is 4.79 Å². The molecular weight excluding hydrogens is 636 g/mol. The molecule has 2 atom stereocenters. The van der Waals surface area contributed by atoms with Gasteiger partial charge in [-0.2, -0.15) is 0 Å². The molecule has 0 bridgehead atoms. The third-order valence-electron chi connectivity index (χ3n) is 8.92.